The number of hydrogen-bond donors (Lipinski definition) is 3. The number of amides is 1. The Morgan fingerprint density at radius 2 is 1.85 bits per heavy atom. The van der Waals surface area contributed by atoms with Gasteiger partial charge in [0.15, 0.2) is 0 Å². The summed E-state index contributed by atoms with van der Waals surface area (Å²) in [4.78, 5) is 19.4. The van der Waals surface area contributed by atoms with Crippen LogP contribution < -0.4 is 5.32 Å². The van der Waals surface area contributed by atoms with E-state index in [0.717, 1.165) is 12.1 Å². The Bertz CT molecular complexity index is 1020. The number of rotatable bonds is 2. The average Bonchev–Trinajstić information content (AvgIpc) is 3.00. The first-order valence-corrected chi connectivity index (χ1v) is 7.76. The second-order valence-electron chi connectivity index (χ2n) is 6.08. The monoisotopic (exact) mass is 363 g/mol. The maximum Gasteiger partial charge on any atom is 0.416 e. The van der Waals surface area contributed by atoms with E-state index < -0.39 is 17.6 Å². The molecule has 0 aliphatic rings. The van der Waals surface area contributed by atoms with Crippen molar-refractivity contribution in [3.63, 3.8) is 0 Å². The third-order valence-electron chi connectivity index (χ3n) is 4.32. The second kappa shape index (κ2) is 6.05. The molecule has 1 aromatic carbocycles. The number of aromatic hydroxyl groups is 1. The van der Waals surface area contributed by atoms with Crippen LogP contribution in [0.15, 0.2) is 24.3 Å². The molecule has 0 saturated heterocycles. The van der Waals surface area contributed by atoms with Gasteiger partial charge in [-0.3, -0.25) is 4.79 Å². The first-order valence-electron chi connectivity index (χ1n) is 7.76. The molecule has 0 saturated carbocycles. The van der Waals surface area contributed by atoms with E-state index in [2.05, 4.69) is 15.3 Å². The van der Waals surface area contributed by atoms with Crippen LogP contribution in [0.2, 0.25) is 0 Å². The lowest BCUT2D eigenvalue weighted by Gasteiger charge is -2.12. The Kier molecular flexibility index (Phi) is 4.14. The second-order valence-corrected chi connectivity index (χ2v) is 6.08. The van der Waals surface area contributed by atoms with E-state index >= 15 is 0 Å². The smallest absolute Gasteiger partial charge is 0.416 e. The minimum absolute atomic E-state index is 0.0609. The maximum absolute atomic E-state index is 12.8. The highest BCUT2D eigenvalue weighted by molar-refractivity contribution is 6.06. The van der Waals surface area contributed by atoms with Crippen LogP contribution in [0.4, 0.5) is 19.0 Å². The molecule has 8 heteroatoms. The van der Waals surface area contributed by atoms with E-state index in [9.17, 15) is 23.1 Å². The fourth-order valence-electron chi connectivity index (χ4n) is 2.66. The van der Waals surface area contributed by atoms with Gasteiger partial charge in [-0.05, 0) is 56.2 Å². The number of benzene rings is 1. The number of aromatic nitrogens is 2. The van der Waals surface area contributed by atoms with Crippen molar-refractivity contribution in [3.05, 3.63) is 52.3 Å². The van der Waals surface area contributed by atoms with Crippen molar-refractivity contribution in [2.45, 2.75) is 26.9 Å². The molecule has 3 N–H and O–H groups in total. The zero-order valence-corrected chi connectivity index (χ0v) is 14.2. The van der Waals surface area contributed by atoms with Crippen molar-refractivity contribution in [1.29, 1.82) is 0 Å². The predicted octanol–water partition coefficient (Wildman–Crippen LogP) is 4.46. The molecule has 0 unspecified atom stereocenters. The number of H-pyrrole nitrogens is 1. The molecule has 0 radical (unpaired) electrons. The summed E-state index contributed by atoms with van der Waals surface area (Å²) in [6.45, 7) is 5.02. The number of anilines is 1. The van der Waals surface area contributed by atoms with E-state index in [-0.39, 0.29) is 22.6 Å². The number of hydrogen-bond acceptors (Lipinski definition) is 3. The van der Waals surface area contributed by atoms with E-state index in [4.69, 9.17) is 0 Å². The lowest BCUT2D eigenvalue weighted by Crippen LogP contribution is -2.15. The molecule has 0 atom stereocenters. The maximum atomic E-state index is 12.8. The van der Waals surface area contributed by atoms with Crippen molar-refractivity contribution < 1.29 is 23.1 Å². The zero-order valence-electron chi connectivity index (χ0n) is 14.2. The number of carbonyl (C=O) groups is 1. The SMILES string of the molecule is Cc1nc(NC(=O)c2cc3cc(C(F)(F)F)ccc3[nH]2)c(C)c(C)c1O. The van der Waals surface area contributed by atoms with Crippen LogP contribution in [0.5, 0.6) is 5.75 Å². The molecule has 136 valence electrons. The minimum atomic E-state index is -4.45. The number of alkyl halides is 3. The molecule has 0 fully saturated rings. The summed E-state index contributed by atoms with van der Waals surface area (Å²) in [6.07, 6.45) is -4.45. The van der Waals surface area contributed by atoms with Gasteiger partial charge in [0.05, 0.1) is 11.3 Å². The van der Waals surface area contributed by atoms with Gasteiger partial charge in [0.2, 0.25) is 0 Å². The van der Waals surface area contributed by atoms with Crippen LogP contribution in [0, 0.1) is 20.8 Å². The molecule has 3 aromatic rings. The van der Waals surface area contributed by atoms with Gasteiger partial charge < -0.3 is 15.4 Å². The predicted molar refractivity (Wildman–Crippen MR) is 91.4 cm³/mol. The van der Waals surface area contributed by atoms with E-state index in [1.54, 1.807) is 20.8 Å². The molecule has 5 nitrogen and oxygen atoms in total. The molecular formula is C18H16F3N3O2. The van der Waals surface area contributed by atoms with Crippen LogP contribution in [0.1, 0.15) is 32.9 Å². The third kappa shape index (κ3) is 3.10. The zero-order chi connectivity index (χ0) is 19.2. The summed E-state index contributed by atoms with van der Waals surface area (Å²) in [5, 5.41) is 12.8. The van der Waals surface area contributed by atoms with Gasteiger partial charge in [0, 0.05) is 10.9 Å². The quantitative estimate of drug-likeness (QED) is 0.629. The third-order valence-corrected chi connectivity index (χ3v) is 4.32. The van der Waals surface area contributed by atoms with Gasteiger partial charge in [-0.1, -0.05) is 0 Å². The summed E-state index contributed by atoms with van der Waals surface area (Å²) < 4.78 is 38.4. The number of fused-ring (bicyclic) bond motifs is 1. The summed E-state index contributed by atoms with van der Waals surface area (Å²) in [7, 11) is 0. The first kappa shape index (κ1) is 17.8. The highest BCUT2D eigenvalue weighted by atomic mass is 19.4. The Morgan fingerprint density at radius 1 is 1.15 bits per heavy atom. The van der Waals surface area contributed by atoms with Crippen LogP contribution in [0.3, 0.4) is 0 Å². The molecule has 0 spiro atoms. The summed E-state index contributed by atoms with van der Waals surface area (Å²) in [5.41, 5.74) is 1.33. The van der Waals surface area contributed by atoms with Gasteiger partial charge in [-0.15, -0.1) is 0 Å². The lowest BCUT2D eigenvalue weighted by molar-refractivity contribution is -0.137. The topological polar surface area (TPSA) is 78.0 Å². The number of carbonyl (C=O) groups excluding carboxylic acids is 1. The fraction of sp³-hybridized carbons (Fsp3) is 0.222. The molecule has 3 rings (SSSR count). The molecule has 26 heavy (non-hydrogen) atoms. The Balaban J connectivity index is 1.94. The number of aryl methyl sites for hydroxylation is 1. The summed E-state index contributed by atoms with van der Waals surface area (Å²) >= 11 is 0. The van der Waals surface area contributed by atoms with Crippen LogP contribution in [0.25, 0.3) is 10.9 Å². The summed E-state index contributed by atoms with van der Waals surface area (Å²) in [6, 6.07) is 4.59. The van der Waals surface area contributed by atoms with Gasteiger partial charge in [-0.25, -0.2) is 4.98 Å². The summed E-state index contributed by atoms with van der Waals surface area (Å²) in [5.74, 6) is -0.182. The highest BCUT2D eigenvalue weighted by Crippen LogP contribution is 2.32. The van der Waals surface area contributed by atoms with Crippen molar-refractivity contribution in [2.24, 2.45) is 0 Å². The normalized spacial score (nSPS) is 11.8. The number of pyridine rings is 1. The van der Waals surface area contributed by atoms with Crippen molar-refractivity contribution in [1.82, 2.24) is 9.97 Å². The molecule has 0 aliphatic carbocycles. The fourth-order valence-corrected chi connectivity index (χ4v) is 2.66. The molecule has 2 heterocycles. The van der Waals surface area contributed by atoms with Crippen molar-refractivity contribution in [3.8, 4) is 5.75 Å². The van der Waals surface area contributed by atoms with E-state index in [1.807, 2.05) is 0 Å². The number of nitrogens with zero attached hydrogens (tertiary/aromatic N) is 1. The molecule has 0 aliphatic heterocycles. The van der Waals surface area contributed by atoms with Gasteiger partial charge in [0.1, 0.15) is 17.3 Å². The average molecular weight is 363 g/mol. The number of aromatic amines is 1. The molecular weight excluding hydrogens is 347 g/mol. The Morgan fingerprint density at radius 3 is 2.50 bits per heavy atom. The van der Waals surface area contributed by atoms with Gasteiger partial charge in [-0.2, -0.15) is 13.2 Å². The Hall–Kier alpha value is -3.03. The number of halogens is 3. The Labute approximate surface area is 146 Å². The van der Waals surface area contributed by atoms with Crippen LogP contribution in [-0.4, -0.2) is 21.0 Å². The largest absolute Gasteiger partial charge is 0.506 e. The molecule has 0 bridgehead atoms. The highest BCUT2D eigenvalue weighted by Gasteiger charge is 2.30. The first-order chi connectivity index (χ1) is 12.1. The van der Waals surface area contributed by atoms with Crippen LogP contribution in [-0.2, 0) is 6.18 Å². The van der Waals surface area contributed by atoms with Crippen LogP contribution >= 0.6 is 0 Å². The number of nitrogens with one attached hydrogen (secondary N) is 2. The molecule has 1 amide bonds. The van der Waals surface area contributed by atoms with Gasteiger partial charge in [0.25, 0.3) is 5.91 Å². The lowest BCUT2D eigenvalue weighted by atomic mass is 10.1. The van der Waals surface area contributed by atoms with Crippen molar-refractivity contribution in [2.75, 3.05) is 5.32 Å². The van der Waals surface area contributed by atoms with E-state index in [1.165, 1.54) is 12.1 Å². The van der Waals surface area contributed by atoms with Gasteiger partial charge >= 0.3 is 6.18 Å². The van der Waals surface area contributed by atoms with Crippen molar-refractivity contribution >= 4 is 22.6 Å². The minimum Gasteiger partial charge on any atom is -0.506 e. The van der Waals surface area contributed by atoms with E-state index in [0.29, 0.717) is 22.3 Å². The standard InChI is InChI=1S/C18H16F3N3O2/c1-8-9(2)16(22-10(3)15(8)25)24-17(26)14-7-11-6-12(18(19,20)21)4-5-13(11)23-14/h4-7,23,25H,1-3H3,(H,22,24,26). The molecule has 2 aromatic heterocycles.